The van der Waals surface area contributed by atoms with E-state index in [9.17, 15) is 9.90 Å². The van der Waals surface area contributed by atoms with Gasteiger partial charge in [-0.1, -0.05) is 17.7 Å². The fourth-order valence-corrected chi connectivity index (χ4v) is 2.26. The Morgan fingerprint density at radius 1 is 1.31 bits per heavy atom. The molecule has 1 aromatic carbocycles. The number of carboxylic acid groups (broad SMARTS) is 1. The van der Waals surface area contributed by atoms with Crippen LogP contribution in [0, 0.1) is 20.8 Å². The SMILES string of the molecule is CNCC(C(=O)O)c1c(C)cc(C)cc1C. The summed E-state index contributed by atoms with van der Waals surface area (Å²) >= 11 is 0. The van der Waals surface area contributed by atoms with Crippen molar-refractivity contribution in [3.63, 3.8) is 0 Å². The van der Waals surface area contributed by atoms with Gasteiger partial charge in [-0.2, -0.15) is 0 Å². The summed E-state index contributed by atoms with van der Waals surface area (Å²) in [7, 11) is 1.77. The maximum absolute atomic E-state index is 11.2. The zero-order valence-electron chi connectivity index (χ0n) is 10.3. The first-order valence-corrected chi connectivity index (χ1v) is 5.42. The van der Waals surface area contributed by atoms with Crippen molar-refractivity contribution in [1.82, 2.24) is 5.32 Å². The van der Waals surface area contributed by atoms with Gasteiger partial charge in [0.05, 0.1) is 5.92 Å². The first kappa shape index (κ1) is 12.7. The van der Waals surface area contributed by atoms with E-state index in [0.29, 0.717) is 6.54 Å². The summed E-state index contributed by atoms with van der Waals surface area (Å²) in [5, 5.41) is 12.2. The van der Waals surface area contributed by atoms with Crippen molar-refractivity contribution in [2.75, 3.05) is 13.6 Å². The Balaban J connectivity index is 3.23. The molecule has 1 unspecified atom stereocenters. The van der Waals surface area contributed by atoms with Crippen molar-refractivity contribution >= 4 is 5.97 Å². The number of nitrogens with one attached hydrogen (secondary N) is 1. The molecule has 0 aliphatic heterocycles. The van der Waals surface area contributed by atoms with Crippen LogP contribution < -0.4 is 5.32 Å². The lowest BCUT2D eigenvalue weighted by Gasteiger charge is -2.18. The predicted molar refractivity (Wildman–Crippen MR) is 65.0 cm³/mol. The highest BCUT2D eigenvalue weighted by Crippen LogP contribution is 2.25. The summed E-state index contributed by atoms with van der Waals surface area (Å²) in [5.74, 6) is -1.24. The summed E-state index contributed by atoms with van der Waals surface area (Å²) < 4.78 is 0. The van der Waals surface area contributed by atoms with Gasteiger partial charge in [0.25, 0.3) is 0 Å². The van der Waals surface area contributed by atoms with Crippen LogP contribution in [0.25, 0.3) is 0 Å². The highest BCUT2D eigenvalue weighted by Gasteiger charge is 2.22. The Morgan fingerprint density at radius 3 is 2.19 bits per heavy atom. The molecule has 0 saturated heterocycles. The largest absolute Gasteiger partial charge is 0.481 e. The van der Waals surface area contributed by atoms with E-state index >= 15 is 0 Å². The lowest BCUT2D eigenvalue weighted by atomic mass is 9.89. The van der Waals surface area contributed by atoms with Crippen molar-refractivity contribution in [3.8, 4) is 0 Å². The van der Waals surface area contributed by atoms with Gasteiger partial charge in [-0.25, -0.2) is 0 Å². The molecular weight excluding hydrogens is 202 g/mol. The monoisotopic (exact) mass is 221 g/mol. The molecule has 0 fully saturated rings. The normalized spacial score (nSPS) is 12.5. The minimum absolute atomic E-state index is 0.458. The number of carboxylic acids is 1. The van der Waals surface area contributed by atoms with Crippen LogP contribution in [0.15, 0.2) is 12.1 Å². The molecule has 0 heterocycles. The van der Waals surface area contributed by atoms with Crippen LogP contribution >= 0.6 is 0 Å². The molecule has 16 heavy (non-hydrogen) atoms. The molecular formula is C13H19NO2. The zero-order chi connectivity index (χ0) is 12.3. The van der Waals surface area contributed by atoms with Gasteiger partial charge in [-0.05, 0) is 44.5 Å². The number of carbonyl (C=O) groups is 1. The molecule has 2 N–H and O–H groups in total. The molecule has 0 aromatic heterocycles. The van der Waals surface area contributed by atoms with E-state index < -0.39 is 11.9 Å². The molecule has 0 spiro atoms. The van der Waals surface area contributed by atoms with Gasteiger partial charge in [0.2, 0.25) is 0 Å². The Labute approximate surface area is 96.5 Å². The number of likely N-dealkylation sites (N-methyl/N-ethyl adjacent to an activating group) is 1. The predicted octanol–water partition coefficient (Wildman–Crippen LogP) is 2.00. The van der Waals surface area contributed by atoms with Gasteiger partial charge in [0.1, 0.15) is 0 Å². The molecule has 0 amide bonds. The topological polar surface area (TPSA) is 49.3 Å². The van der Waals surface area contributed by atoms with Crippen molar-refractivity contribution in [3.05, 3.63) is 34.4 Å². The number of benzene rings is 1. The molecule has 0 aliphatic rings. The molecule has 0 bridgehead atoms. The Bertz CT molecular complexity index is 376. The molecule has 0 saturated carbocycles. The number of rotatable bonds is 4. The molecule has 1 atom stereocenters. The van der Waals surface area contributed by atoms with Crippen LogP contribution in [0.2, 0.25) is 0 Å². The minimum atomic E-state index is -0.774. The molecule has 1 rings (SSSR count). The Kier molecular flexibility index (Phi) is 4.07. The van der Waals surface area contributed by atoms with Crippen LogP contribution in [0.3, 0.4) is 0 Å². The zero-order valence-corrected chi connectivity index (χ0v) is 10.3. The summed E-state index contributed by atoms with van der Waals surface area (Å²) in [5.41, 5.74) is 4.22. The van der Waals surface area contributed by atoms with E-state index in [2.05, 4.69) is 5.32 Å². The van der Waals surface area contributed by atoms with Crippen molar-refractivity contribution in [2.45, 2.75) is 26.7 Å². The minimum Gasteiger partial charge on any atom is -0.481 e. The Morgan fingerprint density at radius 2 is 1.81 bits per heavy atom. The maximum atomic E-state index is 11.2. The van der Waals surface area contributed by atoms with Crippen LogP contribution in [0.4, 0.5) is 0 Å². The molecule has 1 aromatic rings. The first-order chi connectivity index (χ1) is 7.47. The summed E-state index contributed by atoms with van der Waals surface area (Å²) in [6.45, 7) is 6.43. The second-order valence-corrected chi connectivity index (χ2v) is 4.26. The number of aryl methyl sites for hydroxylation is 3. The third kappa shape index (κ3) is 2.61. The first-order valence-electron chi connectivity index (χ1n) is 5.42. The van der Waals surface area contributed by atoms with Gasteiger partial charge in [-0.15, -0.1) is 0 Å². The molecule has 3 heteroatoms. The van der Waals surface area contributed by atoms with Crippen LogP contribution in [0.1, 0.15) is 28.2 Å². The van der Waals surface area contributed by atoms with E-state index in [1.54, 1.807) is 7.05 Å². The van der Waals surface area contributed by atoms with Gasteiger partial charge in [0, 0.05) is 6.54 Å². The van der Waals surface area contributed by atoms with E-state index in [0.717, 1.165) is 16.7 Å². The lowest BCUT2D eigenvalue weighted by molar-refractivity contribution is -0.138. The lowest BCUT2D eigenvalue weighted by Crippen LogP contribution is -2.25. The number of hydrogen-bond donors (Lipinski definition) is 2. The average Bonchev–Trinajstić information content (AvgIpc) is 2.14. The number of hydrogen-bond acceptors (Lipinski definition) is 2. The van der Waals surface area contributed by atoms with E-state index in [-0.39, 0.29) is 0 Å². The van der Waals surface area contributed by atoms with Crippen LogP contribution in [-0.2, 0) is 4.79 Å². The van der Waals surface area contributed by atoms with E-state index in [1.807, 2.05) is 32.9 Å². The molecule has 3 nitrogen and oxygen atoms in total. The molecule has 0 radical (unpaired) electrons. The van der Waals surface area contributed by atoms with Crippen molar-refractivity contribution < 1.29 is 9.90 Å². The smallest absolute Gasteiger partial charge is 0.312 e. The quantitative estimate of drug-likeness (QED) is 0.817. The highest BCUT2D eigenvalue weighted by molar-refractivity contribution is 5.77. The summed E-state index contributed by atoms with van der Waals surface area (Å²) in [4.78, 5) is 11.2. The van der Waals surface area contributed by atoms with Crippen molar-refractivity contribution in [1.29, 1.82) is 0 Å². The van der Waals surface area contributed by atoms with E-state index in [4.69, 9.17) is 0 Å². The van der Waals surface area contributed by atoms with E-state index in [1.165, 1.54) is 5.56 Å². The summed E-state index contributed by atoms with van der Waals surface area (Å²) in [6, 6.07) is 4.07. The maximum Gasteiger partial charge on any atom is 0.312 e. The van der Waals surface area contributed by atoms with Gasteiger partial charge < -0.3 is 10.4 Å². The van der Waals surface area contributed by atoms with Crippen LogP contribution in [0.5, 0.6) is 0 Å². The molecule has 0 aliphatic carbocycles. The summed E-state index contributed by atoms with van der Waals surface area (Å²) in [6.07, 6.45) is 0. The fraction of sp³-hybridized carbons (Fsp3) is 0.462. The fourth-order valence-electron chi connectivity index (χ4n) is 2.26. The van der Waals surface area contributed by atoms with Crippen molar-refractivity contribution in [2.24, 2.45) is 0 Å². The average molecular weight is 221 g/mol. The second kappa shape index (κ2) is 5.12. The number of aliphatic carboxylic acids is 1. The van der Waals surface area contributed by atoms with Gasteiger partial charge in [-0.3, -0.25) is 4.79 Å². The standard InChI is InChI=1S/C13H19NO2/c1-8-5-9(2)12(10(3)6-8)11(7-14-4)13(15)16/h5-6,11,14H,7H2,1-4H3,(H,15,16). The Hall–Kier alpha value is -1.35. The highest BCUT2D eigenvalue weighted by atomic mass is 16.4. The molecule has 88 valence electrons. The third-order valence-electron chi connectivity index (χ3n) is 2.79. The van der Waals surface area contributed by atoms with Crippen LogP contribution in [-0.4, -0.2) is 24.7 Å². The van der Waals surface area contributed by atoms with Gasteiger partial charge >= 0.3 is 5.97 Å². The third-order valence-corrected chi connectivity index (χ3v) is 2.79. The second-order valence-electron chi connectivity index (χ2n) is 4.26. The van der Waals surface area contributed by atoms with Gasteiger partial charge in [0.15, 0.2) is 0 Å².